The average molecular weight is 361 g/mol. The molecule has 0 unspecified atom stereocenters. The van der Waals surface area contributed by atoms with Gasteiger partial charge in [-0.3, -0.25) is 4.79 Å². The second kappa shape index (κ2) is 6.32. The van der Waals surface area contributed by atoms with Crippen molar-refractivity contribution in [2.75, 3.05) is 0 Å². The minimum absolute atomic E-state index is 0.0650. The first-order valence-corrected chi connectivity index (χ1v) is 9.87. The molecule has 0 saturated heterocycles. The molecule has 4 nitrogen and oxygen atoms in total. The maximum atomic E-state index is 14.3. The monoisotopic (exact) mass is 361 g/mol. The lowest BCUT2D eigenvalue weighted by Gasteiger charge is -2.19. The highest BCUT2D eigenvalue weighted by atomic mass is 31.2. The van der Waals surface area contributed by atoms with Gasteiger partial charge in [0.2, 0.25) is 0 Å². The molecule has 0 fully saturated rings. The molecule has 0 atom stereocenters. The highest BCUT2D eigenvalue weighted by Crippen LogP contribution is 2.41. The molecule has 3 aromatic carbocycles. The zero-order chi connectivity index (χ0) is 18.1. The van der Waals surface area contributed by atoms with Crippen molar-refractivity contribution in [2.45, 2.75) is 0 Å². The van der Waals surface area contributed by atoms with Gasteiger partial charge < -0.3 is 14.7 Å². The summed E-state index contributed by atoms with van der Waals surface area (Å²) in [6, 6.07) is 24.5. The summed E-state index contributed by atoms with van der Waals surface area (Å²) in [5.74, 6) is 0.0650. The number of phenolic OH excluding ortho intramolecular Hbond substituents is 1. The van der Waals surface area contributed by atoms with Crippen LogP contribution >= 0.6 is 7.14 Å². The summed E-state index contributed by atoms with van der Waals surface area (Å²) in [5, 5.41) is 11.8. The number of aromatic hydroxyl groups is 1. The van der Waals surface area contributed by atoms with E-state index in [0.717, 1.165) is 0 Å². The first-order valence-electron chi connectivity index (χ1n) is 8.17. The van der Waals surface area contributed by atoms with Crippen molar-refractivity contribution in [1.82, 2.24) is 4.98 Å². The molecule has 1 aromatic heterocycles. The number of nitrogens with one attached hydrogen (secondary N) is 1. The van der Waals surface area contributed by atoms with Crippen molar-refractivity contribution >= 4 is 34.0 Å². The van der Waals surface area contributed by atoms with E-state index in [4.69, 9.17) is 0 Å². The standard InChI is InChI=1S/C21H16NO3P/c23-16-12-11-15-13-20(21(24)22-19(15)14-16)26(25,17-7-3-1-4-8-17)18-9-5-2-6-10-18/h1-14,23H,(H,22,24). The number of aromatic amines is 1. The van der Waals surface area contributed by atoms with Crippen LogP contribution in [0.2, 0.25) is 0 Å². The van der Waals surface area contributed by atoms with Gasteiger partial charge in [-0.25, -0.2) is 0 Å². The molecule has 0 spiro atoms. The summed E-state index contributed by atoms with van der Waals surface area (Å²) in [4.78, 5) is 15.6. The second-order valence-corrected chi connectivity index (χ2v) is 8.77. The van der Waals surface area contributed by atoms with Crippen LogP contribution in [0, 0.1) is 0 Å². The number of phenols is 1. The predicted molar refractivity (Wildman–Crippen MR) is 106 cm³/mol. The van der Waals surface area contributed by atoms with Gasteiger partial charge in [0, 0.05) is 16.7 Å². The molecule has 26 heavy (non-hydrogen) atoms. The Balaban J connectivity index is 2.06. The third-order valence-electron chi connectivity index (χ3n) is 4.39. The van der Waals surface area contributed by atoms with Crippen molar-refractivity contribution in [3.05, 3.63) is 95.3 Å². The third-order valence-corrected chi connectivity index (χ3v) is 7.45. The fourth-order valence-corrected chi connectivity index (χ4v) is 5.82. The fraction of sp³-hybridized carbons (Fsp3) is 0. The number of aromatic nitrogens is 1. The van der Waals surface area contributed by atoms with Crippen molar-refractivity contribution in [3.8, 4) is 5.75 Å². The van der Waals surface area contributed by atoms with Crippen LogP contribution < -0.4 is 21.5 Å². The minimum atomic E-state index is -3.34. The summed E-state index contributed by atoms with van der Waals surface area (Å²) in [6.07, 6.45) is 0. The van der Waals surface area contributed by atoms with Gasteiger partial charge in [-0.1, -0.05) is 60.7 Å². The van der Waals surface area contributed by atoms with Crippen LogP contribution in [0.3, 0.4) is 0 Å². The van der Waals surface area contributed by atoms with E-state index in [9.17, 15) is 14.5 Å². The van der Waals surface area contributed by atoms with Crippen LogP contribution in [0.25, 0.3) is 10.9 Å². The Bertz CT molecular complexity index is 1140. The molecule has 4 rings (SSSR count). The van der Waals surface area contributed by atoms with Gasteiger partial charge >= 0.3 is 0 Å². The summed E-state index contributed by atoms with van der Waals surface area (Å²) >= 11 is 0. The van der Waals surface area contributed by atoms with E-state index in [1.54, 1.807) is 42.5 Å². The molecule has 4 aromatic rings. The Morgan fingerprint density at radius 2 is 1.35 bits per heavy atom. The van der Waals surface area contributed by atoms with Gasteiger partial charge in [0.25, 0.3) is 5.56 Å². The maximum Gasteiger partial charge on any atom is 0.259 e. The van der Waals surface area contributed by atoms with E-state index in [1.807, 2.05) is 36.4 Å². The maximum absolute atomic E-state index is 14.3. The topological polar surface area (TPSA) is 70.2 Å². The number of pyridine rings is 1. The zero-order valence-electron chi connectivity index (χ0n) is 13.8. The first kappa shape index (κ1) is 16.4. The van der Waals surface area contributed by atoms with Gasteiger partial charge in [-0.15, -0.1) is 0 Å². The van der Waals surface area contributed by atoms with E-state index in [-0.39, 0.29) is 11.1 Å². The lowest BCUT2D eigenvalue weighted by atomic mass is 10.2. The number of rotatable bonds is 3. The van der Waals surface area contributed by atoms with Crippen LogP contribution in [-0.4, -0.2) is 10.1 Å². The lowest BCUT2D eigenvalue weighted by molar-refractivity contribution is 0.476. The fourth-order valence-electron chi connectivity index (χ4n) is 3.11. The normalized spacial score (nSPS) is 11.5. The smallest absolute Gasteiger partial charge is 0.259 e. The van der Waals surface area contributed by atoms with Crippen molar-refractivity contribution < 1.29 is 9.67 Å². The molecule has 128 valence electrons. The van der Waals surface area contributed by atoms with Gasteiger partial charge in [0.15, 0.2) is 7.14 Å². The summed E-state index contributed by atoms with van der Waals surface area (Å²) in [5.41, 5.74) is 0.0885. The lowest BCUT2D eigenvalue weighted by Crippen LogP contribution is -2.35. The van der Waals surface area contributed by atoms with E-state index >= 15 is 0 Å². The Morgan fingerprint density at radius 1 is 0.769 bits per heavy atom. The average Bonchev–Trinajstić information content (AvgIpc) is 2.68. The Morgan fingerprint density at radius 3 is 1.92 bits per heavy atom. The molecule has 0 saturated carbocycles. The molecule has 0 bridgehead atoms. The zero-order valence-corrected chi connectivity index (χ0v) is 14.7. The number of fused-ring (bicyclic) bond motifs is 1. The number of benzene rings is 3. The molecule has 0 aliphatic rings. The van der Waals surface area contributed by atoms with Gasteiger partial charge in [-0.2, -0.15) is 0 Å². The molecule has 0 aliphatic carbocycles. The van der Waals surface area contributed by atoms with Gasteiger partial charge in [0.1, 0.15) is 5.75 Å². The quantitative estimate of drug-likeness (QED) is 0.551. The second-order valence-electron chi connectivity index (χ2n) is 6.04. The minimum Gasteiger partial charge on any atom is -0.508 e. The number of H-pyrrole nitrogens is 1. The number of hydrogen-bond acceptors (Lipinski definition) is 3. The van der Waals surface area contributed by atoms with Crippen molar-refractivity contribution in [1.29, 1.82) is 0 Å². The molecular weight excluding hydrogens is 345 g/mol. The SMILES string of the molecule is O=c1[nH]c2cc(O)ccc2cc1P(=O)(c1ccccc1)c1ccccc1. The van der Waals surface area contributed by atoms with Gasteiger partial charge in [-0.05, 0) is 23.6 Å². The summed E-state index contributed by atoms with van der Waals surface area (Å²) in [7, 11) is -3.34. The molecular formula is C21H16NO3P. The summed E-state index contributed by atoms with van der Waals surface area (Å²) in [6.45, 7) is 0. The highest BCUT2D eigenvalue weighted by molar-refractivity contribution is 7.85. The van der Waals surface area contributed by atoms with E-state index in [2.05, 4.69) is 4.98 Å². The van der Waals surface area contributed by atoms with Crippen molar-refractivity contribution in [3.63, 3.8) is 0 Å². The summed E-state index contributed by atoms with van der Waals surface area (Å²) < 4.78 is 14.3. The number of hydrogen-bond donors (Lipinski definition) is 2. The Hall–Kier alpha value is -3.10. The van der Waals surface area contributed by atoms with Crippen LogP contribution in [0.4, 0.5) is 0 Å². The Kier molecular flexibility index (Phi) is 3.98. The van der Waals surface area contributed by atoms with Crippen molar-refractivity contribution in [2.24, 2.45) is 0 Å². The first-order chi connectivity index (χ1) is 12.6. The molecule has 0 aliphatic heterocycles. The van der Waals surface area contributed by atoms with Crippen LogP contribution in [0.5, 0.6) is 5.75 Å². The van der Waals surface area contributed by atoms with Gasteiger partial charge in [0.05, 0.1) is 10.8 Å². The van der Waals surface area contributed by atoms with E-state index in [1.165, 1.54) is 6.07 Å². The third kappa shape index (κ3) is 2.65. The molecule has 5 heteroatoms. The predicted octanol–water partition coefficient (Wildman–Crippen LogP) is 2.87. The molecule has 1 heterocycles. The Labute approximate surface area is 150 Å². The van der Waals surface area contributed by atoms with E-state index in [0.29, 0.717) is 21.5 Å². The molecule has 0 radical (unpaired) electrons. The van der Waals surface area contributed by atoms with Crippen LogP contribution in [0.1, 0.15) is 0 Å². The molecule has 0 amide bonds. The van der Waals surface area contributed by atoms with Crippen LogP contribution in [-0.2, 0) is 4.57 Å². The van der Waals surface area contributed by atoms with E-state index < -0.39 is 12.7 Å². The highest BCUT2D eigenvalue weighted by Gasteiger charge is 2.32. The van der Waals surface area contributed by atoms with Crippen LogP contribution in [0.15, 0.2) is 89.7 Å². The molecule has 2 N–H and O–H groups in total. The largest absolute Gasteiger partial charge is 0.508 e.